The molecule has 0 aliphatic carbocycles. The van der Waals surface area contributed by atoms with Crippen molar-refractivity contribution in [1.82, 2.24) is 20.3 Å². The minimum Gasteiger partial charge on any atom is -0.338 e. The Morgan fingerprint density at radius 1 is 0.893 bits per heavy atom. The molecule has 0 aliphatic rings. The second-order valence-electron chi connectivity index (χ2n) is 6.59. The zero-order valence-corrected chi connectivity index (χ0v) is 14.9. The van der Waals surface area contributed by atoms with E-state index in [4.69, 9.17) is 4.98 Å². The summed E-state index contributed by atoms with van der Waals surface area (Å²) in [5, 5.41) is 6.67. The molecule has 5 rings (SSSR count). The summed E-state index contributed by atoms with van der Waals surface area (Å²) in [7, 11) is 0. The maximum Gasteiger partial charge on any atom is 0.319 e. The van der Waals surface area contributed by atoms with Crippen LogP contribution < -0.4 is 10.6 Å². The number of urea groups is 1. The van der Waals surface area contributed by atoms with Crippen molar-refractivity contribution in [2.45, 2.75) is 6.54 Å². The van der Waals surface area contributed by atoms with E-state index in [1.807, 2.05) is 72.8 Å². The minimum absolute atomic E-state index is 0.250. The summed E-state index contributed by atoms with van der Waals surface area (Å²) in [6, 6.07) is 23.0. The van der Waals surface area contributed by atoms with Crippen LogP contribution in [-0.4, -0.2) is 21.0 Å². The molecule has 6 nitrogen and oxygen atoms in total. The molecule has 28 heavy (non-hydrogen) atoms. The lowest BCUT2D eigenvalue weighted by atomic mass is 10.2. The molecule has 136 valence electrons. The highest BCUT2D eigenvalue weighted by Gasteiger charge is 2.10. The molecule has 0 spiro atoms. The first-order valence-corrected chi connectivity index (χ1v) is 9.03. The van der Waals surface area contributed by atoms with Gasteiger partial charge in [0.1, 0.15) is 5.52 Å². The third-order valence-electron chi connectivity index (χ3n) is 4.65. The van der Waals surface area contributed by atoms with Crippen LogP contribution in [0.1, 0.15) is 5.56 Å². The molecule has 3 N–H and O–H groups in total. The number of benzene rings is 3. The smallest absolute Gasteiger partial charge is 0.319 e. The second kappa shape index (κ2) is 6.66. The number of nitrogens with one attached hydrogen (secondary N) is 3. The Hall–Kier alpha value is -3.93. The molecule has 0 fully saturated rings. The first-order valence-electron chi connectivity index (χ1n) is 9.03. The summed E-state index contributed by atoms with van der Waals surface area (Å²) in [5.74, 6) is 0. The molecule has 0 radical (unpaired) electrons. The van der Waals surface area contributed by atoms with E-state index >= 15 is 0 Å². The van der Waals surface area contributed by atoms with E-state index in [2.05, 4.69) is 20.6 Å². The normalized spacial score (nSPS) is 11.1. The molecule has 6 heteroatoms. The van der Waals surface area contributed by atoms with Gasteiger partial charge in [-0.15, -0.1) is 0 Å². The van der Waals surface area contributed by atoms with Crippen molar-refractivity contribution < 1.29 is 4.79 Å². The molecule has 2 amide bonds. The molecule has 0 aliphatic heterocycles. The number of aromatic amines is 1. The van der Waals surface area contributed by atoms with Gasteiger partial charge in [0.15, 0.2) is 5.65 Å². The van der Waals surface area contributed by atoms with Crippen LogP contribution in [-0.2, 0) is 6.54 Å². The molecule has 2 aromatic heterocycles. The Balaban J connectivity index is 1.43. The number of amides is 2. The molecule has 0 atom stereocenters. The minimum atomic E-state index is -0.250. The number of anilines is 1. The van der Waals surface area contributed by atoms with E-state index in [1.54, 1.807) is 0 Å². The number of hydrogen-bond donors (Lipinski definition) is 3. The van der Waals surface area contributed by atoms with Crippen LogP contribution in [0.5, 0.6) is 0 Å². The monoisotopic (exact) mass is 367 g/mol. The van der Waals surface area contributed by atoms with E-state index in [0.717, 1.165) is 38.7 Å². The van der Waals surface area contributed by atoms with E-state index < -0.39 is 0 Å². The molecule has 5 aromatic rings. The molecular weight excluding hydrogens is 350 g/mol. The van der Waals surface area contributed by atoms with Gasteiger partial charge >= 0.3 is 6.03 Å². The van der Waals surface area contributed by atoms with Gasteiger partial charge in [-0.2, -0.15) is 0 Å². The molecule has 2 heterocycles. The quantitative estimate of drug-likeness (QED) is 0.436. The number of para-hydroxylation sites is 2. The lowest BCUT2D eigenvalue weighted by molar-refractivity contribution is 0.251. The van der Waals surface area contributed by atoms with Crippen LogP contribution in [0, 0.1) is 0 Å². The molecule has 3 aromatic carbocycles. The number of H-pyrrole nitrogens is 1. The maximum absolute atomic E-state index is 12.2. The van der Waals surface area contributed by atoms with E-state index in [0.29, 0.717) is 12.2 Å². The fourth-order valence-corrected chi connectivity index (χ4v) is 3.28. The Kier molecular flexibility index (Phi) is 3.87. The number of carbonyl (C=O) groups is 1. The van der Waals surface area contributed by atoms with Crippen molar-refractivity contribution in [1.29, 1.82) is 0 Å². The van der Waals surface area contributed by atoms with Crippen molar-refractivity contribution in [2.24, 2.45) is 0 Å². The first-order chi connectivity index (χ1) is 13.8. The van der Waals surface area contributed by atoms with Crippen LogP contribution in [0.3, 0.4) is 0 Å². The number of hydrogen-bond acceptors (Lipinski definition) is 3. The average Bonchev–Trinajstić information content (AvgIpc) is 3.08. The van der Waals surface area contributed by atoms with Crippen molar-refractivity contribution in [2.75, 3.05) is 5.32 Å². The molecule has 0 saturated carbocycles. The Bertz CT molecular complexity index is 1310. The number of aromatic nitrogens is 3. The van der Waals surface area contributed by atoms with Gasteiger partial charge in [0, 0.05) is 23.1 Å². The first kappa shape index (κ1) is 16.3. The molecule has 0 bridgehead atoms. The fourth-order valence-electron chi connectivity index (χ4n) is 3.28. The Labute approximate surface area is 160 Å². The molecule has 0 unspecified atom stereocenters. The summed E-state index contributed by atoms with van der Waals surface area (Å²) >= 11 is 0. The number of nitrogens with zero attached hydrogens (tertiary/aromatic N) is 2. The van der Waals surface area contributed by atoms with Gasteiger partial charge in [-0.25, -0.2) is 14.8 Å². The topological polar surface area (TPSA) is 82.7 Å². The van der Waals surface area contributed by atoms with E-state index in [1.165, 1.54) is 0 Å². The summed E-state index contributed by atoms with van der Waals surface area (Å²) in [6.45, 7) is 0.472. The average molecular weight is 367 g/mol. The van der Waals surface area contributed by atoms with Gasteiger partial charge in [0.25, 0.3) is 0 Å². The largest absolute Gasteiger partial charge is 0.338 e. The summed E-state index contributed by atoms with van der Waals surface area (Å²) in [5.41, 5.74) is 5.90. The van der Waals surface area contributed by atoms with E-state index in [-0.39, 0.29) is 6.03 Å². The van der Waals surface area contributed by atoms with Gasteiger partial charge in [0.05, 0.1) is 11.0 Å². The summed E-state index contributed by atoms with van der Waals surface area (Å²) in [6.07, 6.45) is 0. The van der Waals surface area contributed by atoms with Crippen LogP contribution >= 0.6 is 0 Å². The zero-order chi connectivity index (χ0) is 18.9. The Morgan fingerprint density at radius 2 is 1.64 bits per heavy atom. The van der Waals surface area contributed by atoms with Crippen molar-refractivity contribution in [3.8, 4) is 0 Å². The van der Waals surface area contributed by atoms with Gasteiger partial charge in [-0.05, 0) is 35.9 Å². The summed E-state index contributed by atoms with van der Waals surface area (Å²) in [4.78, 5) is 24.9. The maximum atomic E-state index is 12.2. The Morgan fingerprint density at radius 3 is 2.46 bits per heavy atom. The standard InChI is InChI=1S/C22H17N5O/c28-22(23-13-14-6-2-1-3-7-14)24-15-10-11-17-16(12-15)20-21(26-17)27-19-9-5-4-8-18(19)25-20/h1-12H,13H2,(H,26,27)(H2,23,24,28). The number of fused-ring (bicyclic) bond motifs is 4. The second-order valence-corrected chi connectivity index (χ2v) is 6.59. The predicted molar refractivity (Wildman–Crippen MR) is 111 cm³/mol. The van der Waals surface area contributed by atoms with Gasteiger partial charge in [-0.3, -0.25) is 0 Å². The highest BCUT2D eigenvalue weighted by molar-refractivity contribution is 6.07. The zero-order valence-electron chi connectivity index (χ0n) is 14.9. The highest BCUT2D eigenvalue weighted by Crippen LogP contribution is 2.27. The SMILES string of the molecule is O=C(NCc1ccccc1)Nc1ccc2[nH]c3nc4ccccc4nc3c2c1. The van der Waals surface area contributed by atoms with Crippen LogP contribution in [0.15, 0.2) is 72.8 Å². The number of carbonyl (C=O) groups excluding carboxylic acids is 1. The van der Waals surface area contributed by atoms with Crippen LogP contribution in [0.4, 0.5) is 10.5 Å². The van der Waals surface area contributed by atoms with Crippen LogP contribution in [0.25, 0.3) is 33.1 Å². The lowest BCUT2D eigenvalue weighted by Gasteiger charge is -2.08. The molecular formula is C22H17N5O. The van der Waals surface area contributed by atoms with Gasteiger partial charge < -0.3 is 15.6 Å². The van der Waals surface area contributed by atoms with Crippen molar-refractivity contribution in [3.05, 3.63) is 78.4 Å². The van der Waals surface area contributed by atoms with Crippen molar-refractivity contribution in [3.63, 3.8) is 0 Å². The van der Waals surface area contributed by atoms with Gasteiger partial charge in [0.2, 0.25) is 0 Å². The van der Waals surface area contributed by atoms with E-state index in [9.17, 15) is 4.79 Å². The summed E-state index contributed by atoms with van der Waals surface area (Å²) < 4.78 is 0. The van der Waals surface area contributed by atoms with Crippen LogP contribution in [0.2, 0.25) is 0 Å². The number of rotatable bonds is 3. The third-order valence-corrected chi connectivity index (χ3v) is 4.65. The lowest BCUT2D eigenvalue weighted by Crippen LogP contribution is -2.28. The molecule has 0 saturated heterocycles. The third kappa shape index (κ3) is 3.01. The van der Waals surface area contributed by atoms with Gasteiger partial charge in [-0.1, -0.05) is 42.5 Å². The highest BCUT2D eigenvalue weighted by atomic mass is 16.2. The predicted octanol–water partition coefficient (Wildman–Crippen LogP) is 4.59. The van der Waals surface area contributed by atoms with Crippen molar-refractivity contribution >= 4 is 44.8 Å². The fraction of sp³-hybridized carbons (Fsp3) is 0.0455.